The van der Waals surface area contributed by atoms with Crippen molar-refractivity contribution >= 4 is 5.97 Å². The van der Waals surface area contributed by atoms with E-state index in [1.165, 1.54) is 22.3 Å². The zero-order chi connectivity index (χ0) is 25.4. The molecule has 37 heavy (non-hydrogen) atoms. The Labute approximate surface area is 217 Å². The molecule has 2 heterocycles. The highest BCUT2D eigenvalue weighted by Gasteiger charge is 2.31. The molecular weight excluding hydrogens is 468 g/mol. The van der Waals surface area contributed by atoms with Crippen molar-refractivity contribution in [3.05, 3.63) is 82.4 Å². The lowest BCUT2D eigenvalue weighted by atomic mass is 9.92. The van der Waals surface area contributed by atoms with Crippen LogP contribution in [0.2, 0.25) is 0 Å². The van der Waals surface area contributed by atoms with Crippen molar-refractivity contribution in [2.45, 2.75) is 57.0 Å². The molecule has 0 bridgehead atoms. The van der Waals surface area contributed by atoms with Gasteiger partial charge < -0.3 is 24.1 Å². The van der Waals surface area contributed by atoms with Crippen LogP contribution in [0.15, 0.2) is 54.6 Å². The second kappa shape index (κ2) is 10.1. The SMILES string of the molecule is Cc1ccc(Oc2ccc(C3CCOCC3)cc2)c2c1[C@H](Oc1ccc3c(c1)OC[C@H]3CC(=O)O)CC2. The van der Waals surface area contributed by atoms with Gasteiger partial charge in [-0.1, -0.05) is 24.3 Å². The van der Waals surface area contributed by atoms with E-state index in [4.69, 9.17) is 24.1 Å². The number of aliphatic carboxylic acids is 1. The third-order valence-corrected chi connectivity index (χ3v) is 7.88. The number of benzene rings is 3. The minimum absolute atomic E-state index is 0.0660. The van der Waals surface area contributed by atoms with Crippen molar-refractivity contribution in [1.82, 2.24) is 0 Å². The van der Waals surface area contributed by atoms with E-state index in [1.54, 1.807) is 0 Å². The average molecular weight is 501 g/mol. The number of carboxylic acid groups (broad SMARTS) is 1. The summed E-state index contributed by atoms with van der Waals surface area (Å²) in [6.07, 6.45) is 3.92. The van der Waals surface area contributed by atoms with Crippen LogP contribution >= 0.6 is 0 Å². The first-order valence-corrected chi connectivity index (χ1v) is 13.2. The quantitative estimate of drug-likeness (QED) is 0.389. The Bertz CT molecular complexity index is 1290. The summed E-state index contributed by atoms with van der Waals surface area (Å²) in [4.78, 5) is 11.1. The Balaban J connectivity index is 1.18. The highest BCUT2D eigenvalue weighted by molar-refractivity contribution is 5.69. The molecule has 192 valence electrons. The minimum Gasteiger partial charge on any atom is -0.492 e. The first-order valence-electron chi connectivity index (χ1n) is 13.2. The van der Waals surface area contributed by atoms with E-state index in [1.807, 2.05) is 18.2 Å². The lowest BCUT2D eigenvalue weighted by Crippen LogP contribution is -2.13. The topological polar surface area (TPSA) is 74.2 Å². The highest BCUT2D eigenvalue weighted by Crippen LogP contribution is 2.44. The smallest absolute Gasteiger partial charge is 0.304 e. The van der Waals surface area contributed by atoms with E-state index in [9.17, 15) is 4.79 Å². The van der Waals surface area contributed by atoms with Crippen molar-refractivity contribution < 1.29 is 28.8 Å². The number of hydrogen-bond acceptors (Lipinski definition) is 5. The molecule has 1 fully saturated rings. The molecule has 0 aromatic heterocycles. The summed E-state index contributed by atoms with van der Waals surface area (Å²) < 4.78 is 24.1. The number of carbonyl (C=O) groups is 1. The molecule has 6 heteroatoms. The number of fused-ring (bicyclic) bond motifs is 2. The maximum atomic E-state index is 11.1. The summed E-state index contributed by atoms with van der Waals surface area (Å²) in [6, 6.07) is 18.4. The van der Waals surface area contributed by atoms with Crippen LogP contribution in [0, 0.1) is 6.92 Å². The van der Waals surface area contributed by atoms with Gasteiger partial charge in [-0.15, -0.1) is 0 Å². The van der Waals surface area contributed by atoms with Crippen LogP contribution in [0.25, 0.3) is 0 Å². The van der Waals surface area contributed by atoms with E-state index < -0.39 is 5.97 Å². The second-order valence-electron chi connectivity index (χ2n) is 10.3. The molecule has 2 aliphatic heterocycles. The molecule has 0 amide bonds. The van der Waals surface area contributed by atoms with Crippen molar-refractivity contribution in [1.29, 1.82) is 0 Å². The highest BCUT2D eigenvalue weighted by atomic mass is 16.5. The molecule has 0 spiro atoms. The Morgan fingerprint density at radius 2 is 1.78 bits per heavy atom. The Morgan fingerprint density at radius 1 is 1.00 bits per heavy atom. The molecular formula is C31H32O6. The van der Waals surface area contributed by atoms with Crippen molar-refractivity contribution in [2.75, 3.05) is 19.8 Å². The van der Waals surface area contributed by atoms with E-state index in [2.05, 4.69) is 43.3 Å². The van der Waals surface area contributed by atoms with Gasteiger partial charge in [0, 0.05) is 41.9 Å². The summed E-state index contributed by atoms with van der Waals surface area (Å²) in [6.45, 7) is 4.19. The average Bonchev–Trinajstić information content (AvgIpc) is 3.51. The predicted octanol–water partition coefficient (Wildman–Crippen LogP) is 6.70. The number of carboxylic acids is 1. The number of ether oxygens (including phenoxy) is 4. The van der Waals surface area contributed by atoms with Gasteiger partial charge in [0.2, 0.25) is 0 Å². The molecule has 1 aliphatic carbocycles. The molecule has 3 aliphatic rings. The van der Waals surface area contributed by atoms with E-state index >= 15 is 0 Å². The minimum atomic E-state index is -0.812. The molecule has 3 aromatic rings. The lowest BCUT2D eigenvalue weighted by molar-refractivity contribution is -0.137. The van der Waals surface area contributed by atoms with E-state index in [-0.39, 0.29) is 18.4 Å². The van der Waals surface area contributed by atoms with E-state index in [0.29, 0.717) is 12.5 Å². The summed E-state index contributed by atoms with van der Waals surface area (Å²) >= 11 is 0. The number of aryl methyl sites for hydroxylation is 1. The predicted molar refractivity (Wildman–Crippen MR) is 139 cm³/mol. The maximum absolute atomic E-state index is 11.1. The van der Waals surface area contributed by atoms with Crippen LogP contribution in [0.1, 0.15) is 71.4 Å². The van der Waals surface area contributed by atoms with Crippen LogP contribution < -0.4 is 14.2 Å². The second-order valence-corrected chi connectivity index (χ2v) is 10.3. The monoisotopic (exact) mass is 500 g/mol. The van der Waals surface area contributed by atoms with Crippen LogP contribution in [0.4, 0.5) is 0 Å². The Hall–Kier alpha value is -3.51. The largest absolute Gasteiger partial charge is 0.492 e. The number of rotatable bonds is 7. The summed E-state index contributed by atoms with van der Waals surface area (Å²) in [5.41, 5.74) is 5.89. The molecule has 0 saturated carbocycles. The standard InChI is InChI=1S/C31H32O6/c1-19-2-10-27(36-23-5-3-20(4-6-23)21-12-14-34-15-13-21)26-9-11-28(31(19)26)37-24-7-8-25-22(16-30(32)33)18-35-29(25)17-24/h2-8,10,17,21-22,28H,9,11-16,18H2,1H3,(H,32,33)/t22-,28-/m1/s1. The fourth-order valence-corrected chi connectivity index (χ4v) is 5.94. The van der Waals surface area contributed by atoms with Gasteiger partial charge in [-0.3, -0.25) is 4.79 Å². The molecule has 3 aromatic carbocycles. The molecule has 2 atom stereocenters. The molecule has 1 saturated heterocycles. The van der Waals surface area contributed by atoms with Gasteiger partial charge in [-0.2, -0.15) is 0 Å². The van der Waals surface area contributed by atoms with Gasteiger partial charge in [-0.05, 0) is 73.9 Å². The van der Waals surface area contributed by atoms with Gasteiger partial charge in [0.05, 0.1) is 13.0 Å². The molecule has 6 rings (SSSR count). The van der Waals surface area contributed by atoms with Crippen LogP contribution in [0.5, 0.6) is 23.0 Å². The Morgan fingerprint density at radius 3 is 2.57 bits per heavy atom. The maximum Gasteiger partial charge on any atom is 0.304 e. The van der Waals surface area contributed by atoms with Gasteiger partial charge in [0.25, 0.3) is 0 Å². The summed E-state index contributed by atoms with van der Waals surface area (Å²) in [7, 11) is 0. The van der Waals surface area contributed by atoms with Gasteiger partial charge >= 0.3 is 5.97 Å². The van der Waals surface area contributed by atoms with E-state index in [0.717, 1.165) is 67.5 Å². The first-order chi connectivity index (χ1) is 18.0. The third-order valence-electron chi connectivity index (χ3n) is 7.88. The summed E-state index contributed by atoms with van der Waals surface area (Å²) in [5.74, 6) is 2.84. The van der Waals surface area contributed by atoms with Gasteiger partial charge in [-0.25, -0.2) is 0 Å². The molecule has 1 N–H and O–H groups in total. The lowest BCUT2D eigenvalue weighted by Gasteiger charge is -2.22. The van der Waals surface area contributed by atoms with Gasteiger partial charge in [0.1, 0.15) is 29.1 Å². The first kappa shape index (κ1) is 23.9. The molecule has 6 nitrogen and oxygen atoms in total. The summed E-state index contributed by atoms with van der Waals surface area (Å²) in [5, 5.41) is 9.15. The molecule has 0 unspecified atom stereocenters. The zero-order valence-electron chi connectivity index (χ0n) is 21.1. The van der Waals surface area contributed by atoms with Crippen LogP contribution in [-0.2, 0) is 16.0 Å². The Kier molecular flexibility index (Phi) is 6.51. The normalized spacial score (nSPS) is 20.7. The zero-order valence-corrected chi connectivity index (χ0v) is 21.1. The van der Waals surface area contributed by atoms with Crippen molar-refractivity contribution in [2.24, 2.45) is 0 Å². The van der Waals surface area contributed by atoms with Gasteiger partial charge in [0.15, 0.2) is 0 Å². The third kappa shape index (κ3) is 4.90. The van der Waals surface area contributed by atoms with Crippen molar-refractivity contribution in [3.8, 4) is 23.0 Å². The van der Waals surface area contributed by atoms with Crippen LogP contribution in [0.3, 0.4) is 0 Å². The van der Waals surface area contributed by atoms with Crippen LogP contribution in [-0.4, -0.2) is 30.9 Å². The number of hydrogen-bond donors (Lipinski definition) is 1. The fourth-order valence-electron chi connectivity index (χ4n) is 5.94. The molecule has 0 radical (unpaired) electrons. The van der Waals surface area contributed by atoms with Crippen molar-refractivity contribution in [3.63, 3.8) is 0 Å². The fraction of sp³-hybridized carbons (Fsp3) is 0.387.